The molecule has 1 aromatic carbocycles. The molecular weight excluding hydrogens is 366 g/mol. The number of nitrogens with zero attached hydrogens (tertiary/aromatic N) is 1. The van der Waals surface area contributed by atoms with Gasteiger partial charge < -0.3 is 15.0 Å². The lowest BCUT2D eigenvalue weighted by molar-refractivity contribution is -0.917. The van der Waals surface area contributed by atoms with Crippen molar-refractivity contribution in [2.75, 3.05) is 39.3 Å². The van der Waals surface area contributed by atoms with Crippen LogP contribution >= 0.6 is 0 Å². The fraction of sp³-hybridized carbons (Fsp3) is 0.632. The van der Waals surface area contributed by atoms with Crippen LogP contribution in [0.1, 0.15) is 27.7 Å². The van der Waals surface area contributed by atoms with Gasteiger partial charge in [-0.05, 0) is 44.0 Å². The van der Waals surface area contributed by atoms with Crippen LogP contribution in [0.25, 0.3) is 0 Å². The van der Waals surface area contributed by atoms with E-state index in [2.05, 4.69) is 19.2 Å². The van der Waals surface area contributed by atoms with Crippen molar-refractivity contribution >= 4 is 15.9 Å². The van der Waals surface area contributed by atoms with Crippen LogP contribution in [0, 0.1) is 5.92 Å². The van der Waals surface area contributed by atoms with Crippen LogP contribution < -0.4 is 15.0 Å². The number of carbonyl (C=O) groups excluding carboxylic acids is 1. The third-order valence-electron chi connectivity index (χ3n) is 4.83. The van der Waals surface area contributed by atoms with Gasteiger partial charge in [0.2, 0.25) is 10.0 Å². The van der Waals surface area contributed by atoms with Crippen molar-refractivity contribution in [1.82, 2.24) is 9.62 Å². The highest BCUT2D eigenvalue weighted by Crippen LogP contribution is 2.19. The highest BCUT2D eigenvalue weighted by molar-refractivity contribution is 7.89. The molecule has 7 nitrogen and oxygen atoms in total. The Balaban J connectivity index is 1.94. The number of rotatable bonds is 8. The summed E-state index contributed by atoms with van der Waals surface area (Å²) in [7, 11) is -3.52. The van der Waals surface area contributed by atoms with E-state index in [4.69, 9.17) is 4.74 Å². The predicted molar refractivity (Wildman–Crippen MR) is 104 cm³/mol. The van der Waals surface area contributed by atoms with Crippen LogP contribution in [-0.4, -0.2) is 64.0 Å². The minimum Gasteiger partial charge on any atom is -0.494 e. The fourth-order valence-corrected chi connectivity index (χ4v) is 4.56. The molecule has 1 heterocycles. The van der Waals surface area contributed by atoms with Crippen LogP contribution in [-0.2, 0) is 14.8 Å². The number of sulfonamides is 1. The monoisotopic (exact) mass is 398 g/mol. The van der Waals surface area contributed by atoms with E-state index in [1.807, 2.05) is 13.8 Å². The van der Waals surface area contributed by atoms with Gasteiger partial charge in [0.05, 0.1) is 37.7 Å². The number of hydrogen-bond donors (Lipinski definition) is 2. The van der Waals surface area contributed by atoms with Gasteiger partial charge in [-0.1, -0.05) is 13.8 Å². The van der Waals surface area contributed by atoms with Crippen molar-refractivity contribution in [1.29, 1.82) is 0 Å². The largest absolute Gasteiger partial charge is 0.494 e. The van der Waals surface area contributed by atoms with E-state index in [0.29, 0.717) is 51.0 Å². The Hall–Kier alpha value is -1.64. The van der Waals surface area contributed by atoms with E-state index in [-0.39, 0.29) is 16.8 Å². The van der Waals surface area contributed by atoms with Gasteiger partial charge in [-0.15, -0.1) is 0 Å². The van der Waals surface area contributed by atoms with Crippen LogP contribution in [0.5, 0.6) is 5.75 Å². The lowest BCUT2D eigenvalue weighted by atomic mass is 10.2. The highest BCUT2D eigenvalue weighted by atomic mass is 32.2. The number of carbonyl (C=O) groups is 1. The Labute approximate surface area is 162 Å². The lowest BCUT2D eigenvalue weighted by Crippen LogP contribution is -3.19. The van der Waals surface area contributed by atoms with Gasteiger partial charge in [0, 0.05) is 6.54 Å². The second-order valence-electron chi connectivity index (χ2n) is 7.33. The zero-order chi connectivity index (χ0) is 20.0. The summed E-state index contributed by atoms with van der Waals surface area (Å²) in [6, 6.07) is 6.35. The van der Waals surface area contributed by atoms with Gasteiger partial charge in [0.25, 0.3) is 5.91 Å². The zero-order valence-corrected chi connectivity index (χ0v) is 17.5. The molecule has 0 saturated carbocycles. The van der Waals surface area contributed by atoms with Crippen molar-refractivity contribution in [3.05, 3.63) is 24.3 Å². The Kier molecular flexibility index (Phi) is 7.64. The first-order chi connectivity index (χ1) is 12.8. The molecule has 0 radical (unpaired) electrons. The third kappa shape index (κ3) is 5.67. The van der Waals surface area contributed by atoms with Gasteiger partial charge in [-0.25, -0.2) is 8.42 Å². The van der Waals surface area contributed by atoms with E-state index in [1.54, 1.807) is 24.3 Å². The number of piperazine rings is 1. The summed E-state index contributed by atoms with van der Waals surface area (Å²) in [5, 5.41) is 2.96. The molecule has 1 saturated heterocycles. The SMILES string of the molecule is CCOc1ccc(S(=O)(=O)N2CC[NH+]([C@H](C)C(=O)NCC(C)C)CC2)cc1. The topological polar surface area (TPSA) is 80.2 Å². The first-order valence-corrected chi connectivity index (χ1v) is 11.0. The van der Waals surface area contributed by atoms with Crippen molar-refractivity contribution in [2.45, 2.75) is 38.6 Å². The van der Waals surface area contributed by atoms with Crippen molar-refractivity contribution in [3.63, 3.8) is 0 Å². The summed E-state index contributed by atoms with van der Waals surface area (Å²) in [6.45, 7) is 11.2. The molecule has 1 aliphatic heterocycles. The van der Waals surface area contributed by atoms with Gasteiger partial charge in [-0.3, -0.25) is 4.79 Å². The number of nitrogens with one attached hydrogen (secondary N) is 2. The number of hydrogen-bond acceptors (Lipinski definition) is 4. The summed E-state index contributed by atoms with van der Waals surface area (Å²) in [6.07, 6.45) is 0. The molecule has 0 unspecified atom stereocenters. The van der Waals surface area contributed by atoms with Gasteiger partial charge in [-0.2, -0.15) is 4.31 Å². The molecule has 0 spiro atoms. The number of ether oxygens (including phenoxy) is 1. The second-order valence-corrected chi connectivity index (χ2v) is 9.27. The first kappa shape index (κ1) is 21.7. The molecule has 27 heavy (non-hydrogen) atoms. The summed E-state index contributed by atoms with van der Waals surface area (Å²) in [5.74, 6) is 1.10. The average molecular weight is 399 g/mol. The van der Waals surface area contributed by atoms with E-state index >= 15 is 0 Å². The second kappa shape index (κ2) is 9.52. The molecule has 0 aromatic heterocycles. The minimum absolute atomic E-state index is 0.0292. The van der Waals surface area contributed by atoms with E-state index in [1.165, 1.54) is 4.31 Å². The van der Waals surface area contributed by atoms with Gasteiger partial charge in [0.15, 0.2) is 6.04 Å². The summed E-state index contributed by atoms with van der Waals surface area (Å²) in [5.41, 5.74) is 0. The lowest BCUT2D eigenvalue weighted by Gasteiger charge is -2.34. The molecule has 1 atom stereocenters. The maximum atomic E-state index is 12.8. The highest BCUT2D eigenvalue weighted by Gasteiger charge is 2.34. The molecule has 0 bridgehead atoms. The average Bonchev–Trinajstić information content (AvgIpc) is 2.66. The summed E-state index contributed by atoms with van der Waals surface area (Å²) in [4.78, 5) is 13.7. The predicted octanol–water partition coefficient (Wildman–Crippen LogP) is 0.135. The van der Waals surface area contributed by atoms with E-state index in [9.17, 15) is 13.2 Å². The van der Waals surface area contributed by atoms with Gasteiger partial charge in [0.1, 0.15) is 5.75 Å². The minimum atomic E-state index is -3.52. The van der Waals surface area contributed by atoms with E-state index < -0.39 is 10.0 Å². The molecule has 0 aliphatic carbocycles. The molecule has 2 rings (SSSR count). The van der Waals surface area contributed by atoms with E-state index in [0.717, 1.165) is 4.90 Å². The van der Waals surface area contributed by atoms with Gasteiger partial charge >= 0.3 is 0 Å². The van der Waals surface area contributed by atoms with Crippen molar-refractivity contribution in [3.8, 4) is 5.75 Å². The van der Waals surface area contributed by atoms with Crippen LogP contribution in [0.3, 0.4) is 0 Å². The molecular formula is C19H32N3O4S+. The smallest absolute Gasteiger partial charge is 0.278 e. The van der Waals surface area contributed by atoms with Crippen molar-refractivity contribution in [2.24, 2.45) is 5.92 Å². The van der Waals surface area contributed by atoms with Crippen LogP contribution in [0.2, 0.25) is 0 Å². The molecule has 1 amide bonds. The fourth-order valence-electron chi connectivity index (χ4n) is 3.11. The molecule has 1 aromatic rings. The van der Waals surface area contributed by atoms with Crippen LogP contribution in [0.4, 0.5) is 0 Å². The maximum absolute atomic E-state index is 12.8. The van der Waals surface area contributed by atoms with Crippen molar-refractivity contribution < 1.29 is 22.8 Å². The number of amides is 1. The standard InChI is InChI=1S/C19H31N3O4S/c1-5-26-17-6-8-18(9-7-17)27(24,25)22-12-10-21(11-13-22)16(4)19(23)20-14-15(2)3/h6-9,15-16H,5,10-14H2,1-4H3,(H,20,23)/p+1/t16-/m1/s1. The third-order valence-corrected chi connectivity index (χ3v) is 6.74. The van der Waals surface area contributed by atoms with Crippen LogP contribution in [0.15, 0.2) is 29.2 Å². The summed E-state index contributed by atoms with van der Waals surface area (Å²) >= 11 is 0. The maximum Gasteiger partial charge on any atom is 0.278 e. The Morgan fingerprint density at radius 2 is 1.78 bits per heavy atom. The molecule has 1 fully saturated rings. The molecule has 8 heteroatoms. The zero-order valence-electron chi connectivity index (χ0n) is 16.7. The molecule has 152 valence electrons. The summed E-state index contributed by atoms with van der Waals surface area (Å²) < 4.78 is 32.6. The molecule has 1 aliphatic rings. The first-order valence-electron chi connectivity index (χ1n) is 9.61. The normalized spacial score (nSPS) is 17.7. The number of benzene rings is 1. The Bertz CT molecular complexity index is 711. The Morgan fingerprint density at radius 3 is 2.30 bits per heavy atom. The Morgan fingerprint density at radius 1 is 1.19 bits per heavy atom. The quantitative estimate of drug-likeness (QED) is 0.653. The number of quaternary nitrogens is 1. The molecule has 2 N–H and O–H groups in total.